The van der Waals surface area contributed by atoms with Gasteiger partial charge in [-0.15, -0.1) is 0 Å². The van der Waals surface area contributed by atoms with Crippen LogP contribution in [0.15, 0.2) is 31.0 Å². The van der Waals surface area contributed by atoms with Crippen molar-refractivity contribution in [1.82, 2.24) is 29.5 Å². The molecule has 138 valence electrons. The van der Waals surface area contributed by atoms with Crippen molar-refractivity contribution in [3.8, 4) is 0 Å². The van der Waals surface area contributed by atoms with Crippen molar-refractivity contribution in [2.45, 2.75) is 32.2 Å². The monoisotopic (exact) mass is 354 g/mol. The van der Waals surface area contributed by atoms with Crippen molar-refractivity contribution in [1.29, 1.82) is 0 Å². The topological polar surface area (TPSA) is 67.2 Å². The summed E-state index contributed by atoms with van der Waals surface area (Å²) >= 11 is 0. The summed E-state index contributed by atoms with van der Waals surface area (Å²) in [6.07, 6.45) is 13.4. The second kappa shape index (κ2) is 7.15. The van der Waals surface area contributed by atoms with Crippen molar-refractivity contribution < 1.29 is 4.79 Å². The second-order valence-corrected chi connectivity index (χ2v) is 7.68. The average molecular weight is 354 g/mol. The van der Waals surface area contributed by atoms with Crippen LogP contribution in [-0.2, 0) is 13.6 Å². The normalized spacial score (nSPS) is 20.4. The molecule has 0 N–H and O–H groups in total. The number of likely N-dealkylation sites (tertiary alicyclic amines) is 2. The molecule has 2 fully saturated rings. The highest BCUT2D eigenvalue weighted by molar-refractivity contribution is 5.92. The first kappa shape index (κ1) is 17.1. The highest BCUT2D eigenvalue weighted by atomic mass is 16.2. The molecule has 2 aromatic heterocycles. The standard InChI is InChI=1S/C19H26N6O/c1-23-14-16(12-22-23)15-24-8-2-19(3-9-24)4-10-25(11-5-19)18(26)17-13-20-6-7-21-17/h6-7,12-14H,2-5,8-11,15H2,1H3. The molecule has 0 radical (unpaired) electrons. The minimum atomic E-state index is 0.0157. The largest absolute Gasteiger partial charge is 0.337 e. The van der Waals surface area contributed by atoms with Gasteiger partial charge in [-0.25, -0.2) is 4.98 Å². The van der Waals surface area contributed by atoms with E-state index in [2.05, 4.69) is 26.2 Å². The van der Waals surface area contributed by atoms with E-state index < -0.39 is 0 Å². The molecule has 2 aromatic rings. The number of aromatic nitrogens is 4. The Kier molecular flexibility index (Phi) is 4.72. The number of hydrogen-bond acceptors (Lipinski definition) is 5. The fourth-order valence-electron chi connectivity index (χ4n) is 4.25. The highest BCUT2D eigenvalue weighted by Gasteiger charge is 2.38. The van der Waals surface area contributed by atoms with E-state index in [-0.39, 0.29) is 5.91 Å². The first-order chi connectivity index (χ1) is 12.6. The minimum absolute atomic E-state index is 0.0157. The quantitative estimate of drug-likeness (QED) is 0.840. The van der Waals surface area contributed by atoms with Gasteiger partial charge in [0.15, 0.2) is 0 Å². The van der Waals surface area contributed by atoms with Crippen molar-refractivity contribution in [3.05, 3.63) is 42.2 Å². The van der Waals surface area contributed by atoms with E-state index in [1.807, 2.05) is 22.8 Å². The predicted molar refractivity (Wildman–Crippen MR) is 97.3 cm³/mol. The van der Waals surface area contributed by atoms with Gasteiger partial charge in [0.25, 0.3) is 5.91 Å². The third-order valence-corrected chi connectivity index (χ3v) is 5.97. The zero-order chi connectivity index (χ0) is 18.0. The molecule has 1 amide bonds. The summed E-state index contributed by atoms with van der Waals surface area (Å²) in [7, 11) is 1.96. The van der Waals surface area contributed by atoms with Crippen molar-refractivity contribution >= 4 is 5.91 Å². The van der Waals surface area contributed by atoms with E-state index in [0.29, 0.717) is 11.1 Å². The van der Waals surface area contributed by atoms with Crippen LogP contribution in [-0.4, -0.2) is 61.6 Å². The maximum Gasteiger partial charge on any atom is 0.274 e. The van der Waals surface area contributed by atoms with Gasteiger partial charge >= 0.3 is 0 Å². The molecule has 4 rings (SSSR count). The van der Waals surface area contributed by atoms with Crippen LogP contribution < -0.4 is 0 Å². The van der Waals surface area contributed by atoms with Crippen LogP contribution in [0, 0.1) is 5.41 Å². The van der Waals surface area contributed by atoms with Crippen LogP contribution in [0.5, 0.6) is 0 Å². The van der Waals surface area contributed by atoms with Crippen molar-refractivity contribution in [3.63, 3.8) is 0 Å². The van der Waals surface area contributed by atoms with Gasteiger partial charge in [0.2, 0.25) is 0 Å². The van der Waals surface area contributed by atoms with Crippen LogP contribution in [0.25, 0.3) is 0 Å². The maximum absolute atomic E-state index is 12.5. The zero-order valence-electron chi connectivity index (χ0n) is 15.3. The molecule has 2 aliphatic heterocycles. The van der Waals surface area contributed by atoms with E-state index in [9.17, 15) is 4.79 Å². The Labute approximate surface area is 154 Å². The SMILES string of the molecule is Cn1cc(CN2CCC3(CC2)CCN(C(=O)c2cnccn2)CC3)cn1. The molecule has 0 unspecified atom stereocenters. The maximum atomic E-state index is 12.5. The predicted octanol–water partition coefficient (Wildman–Crippen LogP) is 1.73. The van der Waals surface area contributed by atoms with Gasteiger partial charge < -0.3 is 4.90 Å². The summed E-state index contributed by atoms with van der Waals surface area (Å²) in [5.41, 5.74) is 2.15. The molecule has 4 heterocycles. The van der Waals surface area contributed by atoms with Gasteiger partial charge in [0, 0.05) is 50.8 Å². The molecular weight excluding hydrogens is 328 g/mol. The number of nitrogens with zero attached hydrogens (tertiary/aromatic N) is 6. The summed E-state index contributed by atoms with van der Waals surface area (Å²) in [6.45, 7) is 4.91. The van der Waals surface area contributed by atoms with Gasteiger partial charge in [-0.1, -0.05) is 0 Å². The molecule has 0 aromatic carbocycles. The second-order valence-electron chi connectivity index (χ2n) is 7.68. The number of aryl methyl sites for hydroxylation is 1. The number of carbonyl (C=O) groups is 1. The number of amides is 1. The van der Waals surface area contributed by atoms with E-state index >= 15 is 0 Å². The van der Waals surface area contributed by atoms with E-state index in [4.69, 9.17) is 0 Å². The third kappa shape index (κ3) is 3.62. The molecule has 7 heteroatoms. The van der Waals surface area contributed by atoms with Gasteiger partial charge in [-0.2, -0.15) is 5.10 Å². The molecule has 1 spiro atoms. The molecule has 2 saturated heterocycles. The Morgan fingerprint density at radius 2 is 1.81 bits per heavy atom. The van der Waals surface area contributed by atoms with Gasteiger partial charge in [0.05, 0.1) is 12.4 Å². The zero-order valence-corrected chi connectivity index (χ0v) is 15.3. The van der Waals surface area contributed by atoms with Gasteiger partial charge in [-0.05, 0) is 44.2 Å². The molecule has 26 heavy (non-hydrogen) atoms. The fourth-order valence-corrected chi connectivity index (χ4v) is 4.25. The smallest absolute Gasteiger partial charge is 0.274 e. The lowest BCUT2D eigenvalue weighted by molar-refractivity contribution is 0.0282. The lowest BCUT2D eigenvalue weighted by atomic mass is 9.71. The summed E-state index contributed by atoms with van der Waals surface area (Å²) in [4.78, 5) is 25.2. The third-order valence-electron chi connectivity index (χ3n) is 5.97. The summed E-state index contributed by atoms with van der Waals surface area (Å²) in [6, 6.07) is 0. The first-order valence-corrected chi connectivity index (χ1v) is 9.39. The molecule has 0 saturated carbocycles. The molecule has 7 nitrogen and oxygen atoms in total. The van der Waals surface area contributed by atoms with Crippen LogP contribution in [0.1, 0.15) is 41.7 Å². The van der Waals surface area contributed by atoms with Crippen molar-refractivity contribution in [2.75, 3.05) is 26.2 Å². The lowest BCUT2D eigenvalue weighted by Crippen LogP contribution is -2.48. The Bertz CT molecular complexity index is 740. The Morgan fingerprint density at radius 1 is 1.08 bits per heavy atom. The van der Waals surface area contributed by atoms with Crippen LogP contribution >= 0.6 is 0 Å². The number of rotatable bonds is 3. The van der Waals surface area contributed by atoms with E-state index in [1.165, 1.54) is 18.4 Å². The number of piperidine rings is 2. The Hall–Kier alpha value is -2.28. The fraction of sp³-hybridized carbons (Fsp3) is 0.579. The highest BCUT2D eigenvalue weighted by Crippen LogP contribution is 2.41. The van der Waals surface area contributed by atoms with Crippen LogP contribution in [0.2, 0.25) is 0 Å². The first-order valence-electron chi connectivity index (χ1n) is 9.39. The van der Waals surface area contributed by atoms with Crippen LogP contribution in [0.3, 0.4) is 0 Å². The lowest BCUT2D eigenvalue weighted by Gasteiger charge is -2.46. The average Bonchev–Trinajstić information content (AvgIpc) is 3.09. The molecule has 0 atom stereocenters. The Morgan fingerprint density at radius 3 is 2.42 bits per heavy atom. The Balaban J connectivity index is 1.29. The van der Waals surface area contributed by atoms with Gasteiger partial charge in [-0.3, -0.25) is 19.4 Å². The molecule has 0 bridgehead atoms. The molecule has 0 aliphatic carbocycles. The van der Waals surface area contributed by atoms with E-state index in [0.717, 1.165) is 45.6 Å². The molecular formula is C19H26N6O. The van der Waals surface area contributed by atoms with Crippen molar-refractivity contribution in [2.24, 2.45) is 12.5 Å². The van der Waals surface area contributed by atoms with Crippen LogP contribution in [0.4, 0.5) is 0 Å². The number of carbonyl (C=O) groups excluding carboxylic acids is 1. The summed E-state index contributed by atoms with van der Waals surface area (Å²) in [5.74, 6) is 0.0157. The molecule has 2 aliphatic rings. The minimum Gasteiger partial charge on any atom is -0.337 e. The summed E-state index contributed by atoms with van der Waals surface area (Å²) in [5, 5.41) is 4.26. The van der Waals surface area contributed by atoms with E-state index in [1.54, 1.807) is 18.6 Å². The number of hydrogen-bond donors (Lipinski definition) is 0. The summed E-state index contributed by atoms with van der Waals surface area (Å²) < 4.78 is 1.87. The van der Waals surface area contributed by atoms with Gasteiger partial charge in [0.1, 0.15) is 5.69 Å².